The van der Waals surface area contributed by atoms with Gasteiger partial charge in [-0.1, -0.05) is 17.7 Å². The highest BCUT2D eigenvalue weighted by atomic mass is 16.1. The van der Waals surface area contributed by atoms with E-state index in [1.165, 1.54) is 0 Å². The Balaban J connectivity index is 2.01. The maximum Gasteiger partial charge on any atom is 0.256 e. The molecule has 0 saturated carbocycles. The van der Waals surface area contributed by atoms with Crippen molar-refractivity contribution in [2.75, 3.05) is 20.1 Å². The molecule has 0 atom stereocenters. The molecule has 3 nitrogen and oxygen atoms in total. The van der Waals surface area contributed by atoms with Crippen LogP contribution in [0.4, 0.5) is 0 Å². The molecule has 2 heterocycles. The number of aromatic nitrogens is 1. The lowest BCUT2D eigenvalue weighted by Crippen LogP contribution is -2.30. The average Bonchev–Trinajstić information content (AvgIpc) is 2.40. The highest BCUT2D eigenvalue weighted by Gasteiger charge is 2.19. The van der Waals surface area contributed by atoms with E-state index in [-0.39, 0.29) is 5.56 Å². The van der Waals surface area contributed by atoms with Crippen molar-refractivity contribution in [3.8, 4) is 0 Å². The van der Waals surface area contributed by atoms with Gasteiger partial charge in [-0.25, -0.2) is 0 Å². The van der Waals surface area contributed by atoms with Gasteiger partial charge in [0.05, 0.1) is 0 Å². The van der Waals surface area contributed by atoms with Gasteiger partial charge >= 0.3 is 0 Å². The van der Waals surface area contributed by atoms with Gasteiger partial charge in [0.2, 0.25) is 0 Å². The quantitative estimate of drug-likeness (QED) is 0.851. The molecule has 0 radical (unpaired) electrons. The van der Waals surface area contributed by atoms with Gasteiger partial charge in [-0.3, -0.25) is 4.79 Å². The summed E-state index contributed by atoms with van der Waals surface area (Å²) in [5.41, 5.74) is 2.29. The van der Waals surface area contributed by atoms with Gasteiger partial charge in [0.25, 0.3) is 5.56 Å². The minimum atomic E-state index is 0.0510. The van der Waals surface area contributed by atoms with Crippen molar-refractivity contribution >= 4 is 10.8 Å². The molecule has 1 aromatic carbocycles. The minimum Gasteiger partial charge on any atom is -0.325 e. The smallest absolute Gasteiger partial charge is 0.256 e. The minimum absolute atomic E-state index is 0.0510. The lowest BCUT2D eigenvalue weighted by Gasteiger charge is -2.28. The number of rotatable bonds is 1. The first-order valence-electron chi connectivity index (χ1n) is 6.95. The van der Waals surface area contributed by atoms with Crippen LogP contribution in [0.15, 0.2) is 29.1 Å². The van der Waals surface area contributed by atoms with E-state index in [0.29, 0.717) is 5.92 Å². The number of aryl methyl sites for hydroxylation is 1. The summed E-state index contributed by atoms with van der Waals surface area (Å²) < 4.78 is 0. The number of pyridine rings is 1. The highest BCUT2D eigenvalue weighted by molar-refractivity contribution is 5.82. The van der Waals surface area contributed by atoms with Gasteiger partial charge in [-0.15, -0.1) is 0 Å². The molecule has 100 valence electrons. The van der Waals surface area contributed by atoms with E-state index < -0.39 is 0 Å². The number of benzene rings is 1. The third-order valence-electron chi connectivity index (χ3n) is 4.18. The van der Waals surface area contributed by atoms with E-state index in [9.17, 15) is 4.79 Å². The number of likely N-dealkylation sites (tertiary alicyclic amines) is 1. The zero-order chi connectivity index (χ0) is 13.4. The Bertz CT molecular complexity index is 651. The van der Waals surface area contributed by atoms with Crippen LogP contribution in [0.5, 0.6) is 0 Å². The van der Waals surface area contributed by atoms with E-state index in [2.05, 4.69) is 35.1 Å². The Morgan fingerprint density at radius 3 is 2.68 bits per heavy atom. The predicted molar refractivity (Wildman–Crippen MR) is 78.8 cm³/mol. The molecule has 1 aliphatic heterocycles. The zero-order valence-corrected chi connectivity index (χ0v) is 11.6. The third kappa shape index (κ3) is 2.43. The van der Waals surface area contributed by atoms with Crippen LogP contribution in [0.25, 0.3) is 10.8 Å². The van der Waals surface area contributed by atoms with Crippen LogP contribution in [0, 0.1) is 6.92 Å². The van der Waals surface area contributed by atoms with Gasteiger partial charge in [0.1, 0.15) is 0 Å². The Labute approximate surface area is 113 Å². The van der Waals surface area contributed by atoms with E-state index in [0.717, 1.165) is 48.0 Å². The van der Waals surface area contributed by atoms with Crippen LogP contribution in [0.3, 0.4) is 0 Å². The molecule has 1 fully saturated rings. The van der Waals surface area contributed by atoms with Crippen LogP contribution < -0.4 is 5.56 Å². The van der Waals surface area contributed by atoms with Crippen LogP contribution in [-0.4, -0.2) is 30.0 Å². The topological polar surface area (TPSA) is 36.1 Å². The van der Waals surface area contributed by atoms with Gasteiger partial charge in [-0.2, -0.15) is 0 Å². The SMILES string of the molecule is Cc1ccc2cc(C3CCN(C)CC3)[nH]c(=O)c2c1. The highest BCUT2D eigenvalue weighted by Crippen LogP contribution is 2.27. The van der Waals surface area contributed by atoms with Crippen molar-refractivity contribution in [2.24, 2.45) is 0 Å². The van der Waals surface area contributed by atoms with Crippen molar-refractivity contribution in [3.05, 3.63) is 45.9 Å². The summed E-state index contributed by atoms with van der Waals surface area (Å²) in [6.45, 7) is 4.24. The molecule has 1 aromatic heterocycles. The Kier molecular flexibility index (Phi) is 3.15. The standard InChI is InChI=1S/C16H20N2O/c1-11-3-4-13-10-15(17-16(19)14(13)9-11)12-5-7-18(2)8-6-12/h3-4,9-10,12H,5-8H2,1-2H3,(H,17,19). The summed E-state index contributed by atoms with van der Waals surface area (Å²) >= 11 is 0. The summed E-state index contributed by atoms with van der Waals surface area (Å²) in [5.74, 6) is 0.495. The second-order valence-electron chi connectivity index (χ2n) is 5.72. The fraction of sp³-hybridized carbons (Fsp3) is 0.438. The van der Waals surface area contributed by atoms with Crippen molar-refractivity contribution in [3.63, 3.8) is 0 Å². The zero-order valence-electron chi connectivity index (χ0n) is 11.6. The van der Waals surface area contributed by atoms with Crippen molar-refractivity contribution in [2.45, 2.75) is 25.7 Å². The lowest BCUT2D eigenvalue weighted by molar-refractivity contribution is 0.253. The largest absolute Gasteiger partial charge is 0.325 e. The van der Waals surface area contributed by atoms with Crippen LogP contribution >= 0.6 is 0 Å². The Morgan fingerprint density at radius 2 is 1.95 bits per heavy atom. The molecule has 2 aromatic rings. The third-order valence-corrected chi connectivity index (χ3v) is 4.18. The number of hydrogen-bond acceptors (Lipinski definition) is 2. The van der Waals surface area contributed by atoms with E-state index >= 15 is 0 Å². The molecule has 0 aliphatic carbocycles. The average molecular weight is 256 g/mol. The number of nitrogens with zero attached hydrogens (tertiary/aromatic N) is 1. The molecule has 1 saturated heterocycles. The number of H-pyrrole nitrogens is 1. The molecule has 3 rings (SSSR count). The van der Waals surface area contributed by atoms with E-state index in [1.54, 1.807) is 0 Å². The van der Waals surface area contributed by atoms with E-state index in [1.807, 2.05) is 13.0 Å². The molecule has 3 heteroatoms. The lowest BCUT2D eigenvalue weighted by atomic mass is 9.92. The number of piperidine rings is 1. The first-order valence-corrected chi connectivity index (χ1v) is 6.95. The maximum atomic E-state index is 12.2. The van der Waals surface area contributed by atoms with Crippen molar-refractivity contribution in [1.29, 1.82) is 0 Å². The maximum absolute atomic E-state index is 12.2. The van der Waals surface area contributed by atoms with Crippen LogP contribution in [-0.2, 0) is 0 Å². The van der Waals surface area contributed by atoms with Crippen LogP contribution in [0.2, 0.25) is 0 Å². The van der Waals surface area contributed by atoms with Gasteiger partial charge in [0, 0.05) is 17.0 Å². The van der Waals surface area contributed by atoms with Gasteiger partial charge in [-0.05, 0) is 57.4 Å². The van der Waals surface area contributed by atoms with Gasteiger partial charge < -0.3 is 9.88 Å². The molecule has 1 aliphatic rings. The number of aromatic amines is 1. The molecule has 0 bridgehead atoms. The second kappa shape index (κ2) is 4.82. The van der Waals surface area contributed by atoms with Gasteiger partial charge in [0.15, 0.2) is 0 Å². The monoisotopic (exact) mass is 256 g/mol. The first-order chi connectivity index (χ1) is 9.13. The fourth-order valence-electron chi connectivity index (χ4n) is 2.93. The normalized spacial score (nSPS) is 18.0. The van der Waals surface area contributed by atoms with Crippen LogP contribution in [0.1, 0.15) is 30.0 Å². The molecular formula is C16H20N2O. The Hall–Kier alpha value is -1.61. The molecule has 0 unspecified atom stereocenters. The summed E-state index contributed by atoms with van der Waals surface area (Å²) in [6, 6.07) is 8.25. The van der Waals surface area contributed by atoms with Crippen molar-refractivity contribution < 1.29 is 0 Å². The first kappa shape index (κ1) is 12.4. The molecule has 19 heavy (non-hydrogen) atoms. The number of nitrogens with one attached hydrogen (secondary N) is 1. The molecule has 0 spiro atoms. The predicted octanol–water partition coefficient (Wildman–Crippen LogP) is 2.65. The fourth-order valence-corrected chi connectivity index (χ4v) is 2.93. The Morgan fingerprint density at radius 1 is 1.21 bits per heavy atom. The summed E-state index contributed by atoms with van der Waals surface area (Å²) in [7, 11) is 2.15. The van der Waals surface area contributed by atoms with E-state index in [4.69, 9.17) is 0 Å². The second-order valence-corrected chi connectivity index (χ2v) is 5.72. The molecular weight excluding hydrogens is 236 g/mol. The molecule has 1 N–H and O–H groups in total. The summed E-state index contributed by atoms with van der Waals surface area (Å²) in [6.07, 6.45) is 2.26. The summed E-state index contributed by atoms with van der Waals surface area (Å²) in [5, 5.41) is 1.86. The summed E-state index contributed by atoms with van der Waals surface area (Å²) in [4.78, 5) is 17.6. The van der Waals surface area contributed by atoms with Crippen molar-refractivity contribution in [1.82, 2.24) is 9.88 Å². The number of hydrogen-bond donors (Lipinski definition) is 1. The molecule has 0 amide bonds. The number of fused-ring (bicyclic) bond motifs is 1.